The normalized spacial score (nSPS) is 17.9. The molecule has 1 aliphatic rings. The molecule has 1 aromatic rings. The zero-order chi connectivity index (χ0) is 15.4. The van der Waals surface area contributed by atoms with Crippen LogP contribution >= 0.6 is 0 Å². The lowest BCUT2D eigenvalue weighted by Crippen LogP contribution is -2.42. The first-order chi connectivity index (χ1) is 10.1. The second kappa shape index (κ2) is 6.15. The molecular weight excluding hydrogens is 280 g/mol. The number of nitriles is 1. The Labute approximate surface area is 119 Å². The first-order valence-electron chi connectivity index (χ1n) is 6.06. The molecule has 0 aromatic carbocycles. The van der Waals surface area contributed by atoms with E-state index in [0.29, 0.717) is 6.54 Å². The van der Waals surface area contributed by atoms with Gasteiger partial charge in [0.25, 0.3) is 0 Å². The van der Waals surface area contributed by atoms with Gasteiger partial charge >= 0.3 is 11.7 Å². The summed E-state index contributed by atoms with van der Waals surface area (Å²) in [5.74, 6) is -0.650. The molecule has 1 unspecified atom stereocenters. The van der Waals surface area contributed by atoms with Crippen molar-refractivity contribution in [3.05, 3.63) is 27.9 Å². The predicted molar refractivity (Wildman–Crippen MR) is 69.8 cm³/mol. The van der Waals surface area contributed by atoms with Gasteiger partial charge in [-0.05, 0) is 6.07 Å². The number of esters is 1. The minimum atomic E-state index is -0.693. The number of rotatable bonds is 3. The van der Waals surface area contributed by atoms with Crippen molar-refractivity contribution in [2.75, 3.05) is 31.7 Å². The van der Waals surface area contributed by atoms with Gasteiger partial charge in [-0.3, -0.25) is 10.1 Å². The standard InChI is InChI=1S/C12H12N4O5/c1-20-12(17)9-2-3-10(16(18)19)11(14-9)15-4-5-21-8(6-13)7-15/h2-3,8H,4-5,7H2,1H3. The molecule has 0 saturated carbocycles. The fourth-order valence-electron chi connectivity index (χ4n) is 1.95. The number of ether oxygens (including phenoxy) is 2. The zero-order valence-corrected chi connectivity index (χ0v) is 11.2. The van der Waals surface area contributed by atoms with Crippen molar-refractivity contribution in [3.8, 4) is 6.07 Å². The summed E-state index contributed by atoms with van der Waals surface area (Å²) in [5, 5.41) is 20.0. The third-order valence-electron chi connectivity index (χ3n) is 2.96. The van der Waals surface area contributed by atoms with Gasteiger partial charge in [0.1, 0.15) is 0 Å². The Morgan fingerprint density at radius 1 is 1.67 bits per heavy atom. The highest BCUT2D eigenvalue weighted by atomic mass is 16.6. The Balaban J connectivity index is 2.41. The highest BCUT2D eigenvalue weighted by molar-refractivity contribution is 5.88. The van der Waals surface area contributed by atoms with Gasteiger partial charge in [0.05, 0.1) is 31.3 Å². The van der Waals surface area contributed by atoms with Crippen LogP contribution in [0.5, 0.6) is 0 Å². The fraction of sp³-hybridized carbons (Fsp3) is 0.417. The summed E-state index contributed by atoms with van der Waals surface area (Å²) in [6, 6.07) is 4.38. The van der Waals surface area contributed by atoms with Gasteiger partial charge < -0.3 is 14.4 Å². The van der Waals surface area contributed by atoms with Crippen LogP contribution in [0.4, 0.5) is 11.5 Å². The van der Waals surface area contributed by atoms with Crippen molar-refractivity contribution in [2.45, 2.75) is 6.10 Å². The van der Waals surface area contributed by atoms with Crippen LogP contribution < -0.4 is 4.90 Å². The van der Waals surface area contributed by atoms with E-state index in [4.69, 9.17) is 10.00 Å². The molecule has 0 radical (unpaired) electrons. The molecule has 9 heteroatoms. The molecular formula is C12H12N4O5. The SMILES string of the molecule is COC(=O)c1ccc([N+](=O)[O-])c(N2CCOC(C#N)C2)n1. The lowest BCUT2D eigenvalue weighted by atomic mass is 10.2. The lowest BCUT2D eigenvalue weighted by Gasteiger charge is -2.30. The molecule has 110 valence electrons. The van der Waals surface area contributed by atoms with Crippen LogP contribution in [-0.2, 0) is 9.47 Å². The summed E-state index contributed by atoms with van der Waals surface area (Å²) in [7, 11) is 1.20. The number of aromatic nitrogens is 1. The van der Waals surface area contributed by atoms with E-state index in [1.807, 2.05) is 6.07 Å². The van der Waals surface area contributed by atoms with Crippen molar-refractivity contribution in [3.63, 3.8) is 0 Å². The molecule has 1 fully saturated rings. The summed E-state index contributed by atoms with van der Waals surface area (Å²) in [6.07, 6.45) is -0.693. The number of carbonyl (C=O) groups is 1. The Hall–Kier alpha value is -2.73. The van der Waals surface area contributed by atoms with Crippen LogP contribution in [0.1, 0.15) is 10.5 Å². The van der Waals surface area contributed by atoms with Crippen LogP contribution in [0.2, 0.25) is 0 Å². The number of nitrogens with zero attached hydrogens (tertiary/aromatic N) is 4. The van der Waals surface area contributed by atoms with Crippen molar-refractivity contribution in [1.29, 1.82) is 5.26 Å². The van der Waals surface area contributed by atoms with Gasteiger partial charge in [-0.1, -0.05) is 0 Å². The van der Waals surface area contributed by atoms with Crippen molar-refractivity contribution >= 4 is 17.5 Å². The van der Waals surface area contributed by atoms with Gasteiger partial charge in [-0.15, -0.1) is 0 Å². The maximum atomic E-state index is 11.5. The molecule has 2 rings (SSSR count). The minimum Gasteiger partial charge on any atom is -0.464 e. The average molecular weight is 292 g/mol. The average Bonchev–Trinajstić information content (AvgIpc) is 2.53. The van der Waals surface area contributed by atoms with Gasteiger partial charge in [-0.25, -0.2) is 9.78 Å². The number of anilines is 1. The summed E-state index contributed by atoms with van der Waals surface area (Å²) < 4.78 is 9.74. The van der Waals surface area contributed by atoms with Crippen LogP contribution in [0.3, 0.4) is 0 Å². The van der Waals surface area contributed by atoms with Crippen LogP contribution in [0.25, 0.3) is 0 Å². The van der Waals surface area contributed by atoms with Crippen molar-refractivity contribution in [2.24, 2.45) is 0 Å². The zero-order valence-electron chi connectivity index (χ0n) is 11.2. The fourth-order valence-corrected chi connectivity index (χ4v) is 1.95. The quantitative estimate of drug-likeness (QED) is 0.449. The van der Waals surface area contributed by atoms with E-state index >= 15 is 0 Å². The summed E-state index contributed by atoms with van der Waals surface area (Å²) >= 11 is 0. The smallest absolute Gasteiger partial charge is 0.356 e. The van der Waals surface area contributed by atoms with E-state index in [2.05, 4.69) is 9.72 Å². The van der Waals surface area contributed by atoms with E-state index < -0.39 is 17.0 Å². The summed E-state index contributed by atoms with van der Waals surface area (Å²) in [5.41, 5.74) is -0.264. The molecule has 1 saturated heterocycles. The van der Waals surface area contributed by atoms with Gasteiger partial charge in [-0.2, -0.15) is 5.26 Å². The summed E-state index contributed by atoms with van der Waals surface area (Å²) in [4.78, 5) is 27.6. The van der Waals surface area contributed by atoms with E-state index in [0.717, 1.165) is 0 Å². The molecule has 9 nitrogen and oxygen atoms in total. The van der Waals surface area contributed by atoms with E-state index in [1.54, 1.807) is 4.90 Å². The first kappa shape index (κ1) is 14.7. The van der Waals surface area contributed by atoms with E-state index in [9.17, 15) is 14.9 Å². The molecule has 0 spiro atoms. The van der Waals surface area contributed by atoms with Crippen LogP contribution in [0.15, 0.2) is 12.1 Å². The predicted octanol–water partition coefficient (Wildman–Crippen LogP) is 0.505. The van der Waals surface area contributed by atoms with Gasteiger partial charge in [0.15, 0.2) is 11.8 Å². The number of hydrogen-bond acceptors (Lipinski definition) is 8. The van der Waals surface area contributed by atoms with Gasteiger partial charge in [0, 0.05) is 12.6 Å². The molecule has 1 aromatic heterocycles. The first-order valence-corrected chi connectivity index (χ1v) is 6.06. The molecule has 1 aliphatic heterocycles. The third kappa shape index (κ3) is 3.06. The lowest BCUT2D eigenvalue weighted by molar-refractivity contribution is -0.384. The highest BCUT2D eigenvalue weighted by Gasteiger charge is 2.28. The highest BCUT2D eigenvalue weighted by Crippen LogP contribution is 2.27. The molecule has 0 amide bonds. The number of methoxy groups -OCH3 is 1. The maximum Gasteiger partial charge on any atom is 0.356 e. The van der Waals surface area contributed by atoms with Crippen molar-refractivity contribution < 1.29 is 19.2 Å². The Kier molecular flexibility index (Phi) is 4.30. The molecule has 2 heterocycles. The molecule has 0 aliphatic carbocycles. The largest absolute Gasteiger partial charge is 0.464 e. The minimum absolute atomic E-state index is 0.0295. The Morgan fingerprint density at radius 2 is 2.43 bits per heavy atom. The number of nitro groups is 1. The van der Waals surface area contributed by atoms with E-state index in [1.165, 1.54) is 19.2 Å². The number of hydrogen-bond donors (Lipinski definition) is 0. The van der Waals surface area contributed by atoms with E-state index in [-0.39, 0.29) is 30.4 Å². The molecule has 0 N–H and O–H groups in total. The number of morpholine rings is 1. The van der Waals surface area contributed by atoms with Gasteiger partial charge in [0.2, 0.25) is 5.82 Å². The molecule has 1 atom stereocenters. The topological polar surface area (TPSA) is 119 Å². The van der Waals surface area contributed by atoms with Crippen LogP contribution in [-0.4, -0.2) is 48.8 Å². The van der Waals surface area contributed by atoms with Crippen LogP contribution in [0, 0.1) is 21.4 Å². The number of pyridine rings is 1. The maximum absolute atomic E-state index is 11.5. The Bertz CT molecular complexity index is 612. The Morgan fingerprint density at radius 3 is 3.05 bits per heavy atom. The summed E-state index contributed by atoms with van der Waals surface area (Å²) in [6.45, 7) is 0.741. The monoisotopic (exact) mass is 292 g/mol. The second-order valence-corrected chi connectivity index (χ2v) is 4.22. The molecule has 21 heavy (non-hydrogen) atoms. The second-order valence-electron chi connectivity index (χ2n) is 4.22. The molecule has 0 bridgehead atoms. The van der Waals surface area contributed by atoms with Crippen molar-refractivity contribution in [1.82, 2.24) is 4.98 Å². The third-order valence-corrected chi connectivity index (χ3v) is 2.96. The number of carbonyl (C=O) groups excluding carboxylic acids is 1.